The van der Waals surface area contributed by atoms with Crippen LogP contribution in [0.5, 0.6) is 0 Å². The first-order chi connectivity index (χ1) is 21.2. The number of nitrogen functional groups attached to an aromatic ring is 3. The molecule has 2 bridgehead atoms. The van der Waals surface area contributed by atoms with Crippen molar-refractivity contribution in [3.8, 4) is 0 Å². The molecule has 25 heteroatoms. The summed E-state index contributed by atoms with van der Waals surface area (Å²) in [5.74, 6) is -2.70. The minimum atomic E-state index is -4.16. The van der Waals surface area contributed by atoms with Gasteiger partial charge < -0.3 is 45.3 Å². The molecule has 10 N–H and O–H groups in total. The Morgan fingerprint density at radius 3 is 2.67 bits per heavy atom. The number of hydrogen-bond acceptors (Lipinski definition) is 18. The van der Waals surface area contributed by atoms with Crippen molar-refractivity contribution in [2.24, 2.45) is 0 Å². The van der Waals surface area contributed by atoms with Gasteiger partial charge >= 0.3 is 13.4 Å². The Bertz CT molecular complexity index is 1770. The number of anilines is 4. The molecule has 3 aromatic heterocycles. The number of alkyl halides is 1. The number of H-pyrrole nitrogens is 1. The zero-order valence-electron chi connectivity index (χ0n) is 23.1. The highest BCUT2D eigenvalue weighted by molar-refractivity contribution is 8.07. The summed E-state index contributed by atoms with van der Waals surface area (Å²) in [6.07, 6.45) is -1.28. The summed E-state index contributed by atoms with van der Waals surface area (Å²) in [7, 11) is 1.55. The van der Waals surface area contributed by atoms with Gasteiger partial charge in [0.1, 0.15) is 35.6 Å². The molecule has 3 fully saturated rings. The van der Waals surface area contributed by atoms with E-state index >= 15 is 4.39 Å². The molecule has 0 spiro atoms. The van der Waals surface area contributed by atoms with Gasteiger partial charge in [0, 0.05) is 12.3 Å². The van der Waals surface area contributed by atoms with Gasteiger partial charge in [-0.05, 0) is 30.0 Å². The number of rotatable bonds is 4. The Labute approximate surface area is 267 Å². The van der Waals surface area contributed by atoms with Gasteiger partial charge in [-0.2, -0.15) is 4.98 Å². The lowest BCUT2D eigenvalue weighted by atomic mass is 10.1. The molecule has 0 aliphatic carbocycles. The maximum atomic E-state index is 16.9. The number of nitrogens with two attached hydrogens (primary N) is 3. The molecule has 246 valence electrons. The zero-order chi connectivity index (χ0) is 32.3. The van der Waals surface area contributed by atoms with E-state index in [9.17, 15) is 14.6 Å². The molecule has 3 aliphatic rings. The van der Waals surface area contributed by atoms with Gasteiger partial charge in [0.25, 0.3) is 5.56 Å². The molecule has 45 heavy (non-hydrogen) atoms. The van der Waals surface area contributed by atoms with Crippen molar-refractivity contribution >= 4 is 83.2 Å². The molecule has 6 rings (SSSR count). The van der Waals surface area contributed by atoms with Gasteiger partial charge in [0.2, 0.25) is 11.7 Å². The lowest BCUT2D eigenvalue weighted by molar-refractivity contribution is -0.0381. The second-order valence-corrected chi connectivity index (χ2v) is 17.1. The fraction of sp³-hybridized carbons (Fsp3) is 0.550. The first-order valence-electron chi connectivity index (χ1n) is 13.0. The van der Waals surface area contributed by atoms with Crippen molar-refractivity contribution in [3.05, 3.63) is 23.0 Å². The van der Waals surface area contributed by atoms with E-state index in [-0.39, 0.29) is 47.5 Å². The number of hydrazine groups is 1. The number of nitrogens with one attached hydrogen (secondary N) is 2. The number of nitrogens with zero attached hydrogens (tertiary/aromatic N) is 6. The minimum absolute atomic E-state index is 0.00385. The highest BCUT2D eigenvalue weighted by Crippen LogP contribution is 2.56. The quantitative estimate of drug-likeness (QED) is 0.131. The third-order valence-corrected chi connectivity index (χ3v) is 11.8. The third-order valence-electron chi connectivity index (χ3n) is 7.20. The molecule has 2 unspecified atom stereocenters. The van der Waals surface area contributed by atoms with Gasteiger partial charge in [-0.15, -0.1) is 11.8 Å². The number of aromatic nitrogens is 6. The summed E-state index contributed by atoms with van der Waals surface area (Å²) >= 11 is 11.9. The maximum Gasteiger partial charge on any atom is 0.325 e. The van der Waals surface area contributed by atoms with Crippen molar-refractivity contribution in [2.75, 3.05) is 49.1 Å². The first kappa shape index (κ1) is 32.8. The van der Waals surface area contributed by atoms with E-state index in [0.717, 1.165) is 17.2 Å². The Balaban J connectivity index is 1.31. The van der Waals surface area contributed by atoms with Crippen molar-refractivity contribution in [1.29, 1.82) is 0 Å². The number of aromatic amines is 1. The zero-order valence-corrected chi connectivity index (χ0v) is 27.4. The van der Waals surface area contributed by atoms with E-state index in [1.807, 2.05) is 0 Å². The Kier molecular flexibility index (Phi) is 8.87. The molecule has 6 heterocycles. The van der Waals surface area contributed by atoms with Crippen molar-refractivity contribution < 1.29 is 37.0 Å². The van der Waals surface area contributed by atoms with Crippen LogP contribution in [0, 0.1) is 0 Å². The number of halogens is 1. The molecule has 0 aromatic carbocycles. The Morgan fingerprint density at radius 2 is 1.91 bits per heavy atom. The molecule has 19 nitrogen and oxygen atoms in total. The summed E-state index contributed by atoms with van der Waals surface area (Å²) in [6.45, 7) is -9.53. The predicted octanol–water partition coefficient (Wildman–Crippen LogP) is -0.599. The Hall–Kier alpha value is -2.11. The van der Waals surface area contributed by atoms with Crippen LogP contribution in [0.15, 0.2) is 17.4 Å². The van der Waals surface area contributed by atoms with E-state index in [0.29, 0.717) is 0 Å². The van der Waals surface area contributed by atoms with E-state index in [1.165, 1.54) is 16.8 Å². The van der Waals surface area contributed by atoms with E-state index in [4.69, 9.17) is 63.6 Å². The van der Waals surface area contributed by atoms with Crippen molar-refractivity contribution in [1.82, 2.24) is 34.9 Å². The van der Waals surface area contributed by atoms with Crippen LogP contribution in [-0.4, -0.2) is 95.1 Å². The monoisotopic (exact) mass is 727 g/mol. The van der Waals surface area contributed by atoms with Gasteiger partial charge in [-0.3, -0.25) is 23.9 Å². The summed E-state index contributed by atoms with van der Waals surface area (Å²) < 4.78 is 46.7. The predicted molar refractivity (Wildman–Crippen MR) is 168 cm³/mol. The fourth-order valence-electron chi connectivity index (χ4n) is 5.18. The molecule has 3 aromatic rings. The number of imidazole rings is 1. The smallest absolute Gasteiger partial charge is 0.325 e. The summed E-state index contributed by atoms with van der Waals surface area (Å²) in [4.78, 5) is 53.1. The lowest BCUT2D eigenvalue weighted by Crippen LogP contribution is -2.48. The molecule has 0 radical (unpaired) electrons. The highest BCUT2D eigenvalue weighted by atomic mass is 32.5. The van der Waals surface area contributed by atoms with E-state index in [1.54, 1.807) is 7.05 Å². The standard InChI is InChI=1S/C20H28FN11O8P2S3/c1-25-32(15-11(22)17(33)30-19(24)29-15)18-9-2-8(45-18)3-37-42(35,44)40-13-10(4-38-41(34,43)39-9)36-5-20(13,21)31-7-28-12-14(23)26-6-27-16(12)31/h6-10,13,18,25H,2-5,22H2,1H3,(H,34,43)(H,35,44)(H2,23,26,27)(H3,24,29,30,33)/t8-,9+,10+,13+,18+,20-,41?,42?/m0/s1. The van der Waals surface area contributed by atoms with Crippen LogP contribution in [-0.2, 0) is 52.2 Å². The topological polar surface area (TPSA) is 269 Å². The van der Waals surface area contributed by atoms with Gasteiger partial charge in [0.05, 0.1) is 25.6 Å². The molecule has 3 aliphatic heterocycles. The second kappa shape index (κ2) is 12.2. The number of ether oxygens (including phenoxy) is 1. The third kappa shape index (κ3) is 6.30. The lowest BCUT2D eigenvalue weighted by Gasteiger charge is -2.34. The average Bonchev–Trinajstić information content (AvgIpc) is 3.66. The first-order valence-corrected chi connectivity index (χ1v) is 19.2. The molecular formula is C20H28FN11O8P2S3. The van der Waals surface area contributed by atoms with Crippen LogP contribution < -0.4 is 33.2 Å². The largest absolute Gasteiger partial charge is 0.391 e. The van der Waals surface area contributed by atoms with Crippen LogP contribution in [0.3, 0.4) is 0 Å². The van der Waals surface area contributed by atoms with Gasteiger partial charge in [-0.25, -0.2) is 24.8 Å². The van der Waals surface area contributed by atoms with E-state index < -0.39 is 66.9 Å². The van der Waals surface area contributed by atoms with Crippen LogP contribution in [0.4, 0.5) is 27.7 Å². The van der Waals surface area contributed by atoms with Crippen LogP contribution in [0.2, 0.25) is 0 Å². The molecular weight excluding hydrogens is 699 g/mol. The summed E-state index contributed by atoms with van der Waals surface area (Å²) in [5.41, 5.74) is 19.8. The molecule has 8 atom stereocenters. The SMILES string of the molecule is CNN(c1nc(N)[nH]c(=O)c1N)[C@@H]1S[C@@H]2COP(O)(=S)O[C@@H]3[C@@H](COP(O)(=S)O[C@@H]1C2)OC[C@]3(F)n1cnc2c(N)ncnc21. The summed E-state index contributed by atoms with van der Waals surface area (Å²) in [5, 5.41) is 0.256. The Morgan fingerprint density at radius 1 is 1.18 bits per heavy atom. The highest BCUT2D eigenvalue weighted by Gasteiger charge is 2.57. The number of hydrogen-bond donors (Lipinski definition) is 7. The van der Waals surface area contributed by atoms with Crippen LogP contribution in [0.25, 0.3) is 11.2 Å². The molecule has 3 saturated heterocycles. The van der Waals surface area contributed by atoms with Crippen LogP contribution >= 0.6 is 25.2 Å². The maximum absolute atomic E-state index is 16.9. The number of fused-ring (bicyclic) bond motifs is 4. The van der Waals surface area contributed by atoms with Crippen LogP contribution in [0.1, 0.15) is 6.42 Å². The second-order valence-electron chi connectivity index (χ2n) is 10.1. The van der Waals surface area contributed by atoms with Gasteiger partial charge in [-0.1, -0.05) is 0 Å². The average molecular weight is 728 g/mol. The van der Waals surface area contributed by atoms with Crippen molar-refractivity contribution in [2.45, 2.75) is 41.1 Å². The molecule has 0 amide bonds. The minimum Gasteiger partial charge on any atom is -0.391 e. The number of thioether (sulfide) groups is 1. The fourth-order valence-corrected chi connectivity index (χ4v) is 9.81. The van der Waals surface area contributed by atoms with E-state index in [2.05, 4.69) is 30.3 Å². The van der Waals surface area contributed by atoms with Crippen molar-refractivity contribution in [3.63, 3.8) is 0 Å². The van der Waals surface area contributed by atoms with Gasteiger partial charge in [0.15, 0.2) is 23.4 Å². The normalized spacial score (nSPS) is 35.8. The molecule has 0 saturated carbocycles. The summed E-state index contributed by atoms with van der Waals surface area (Å²) in [6, 6.07) is 0.